The molecule has 0 spiro atoms. The standard InChI is InChI=1S/C25H24N2O2S/c1-17-7-4-10-19(15-17)24(28)27-23(16-20-11-6-14-30-20)25(29)26-22-13-5-9-18-8-2-3-12-21(18)22/h2-4,6-8,10-12,14-16,22H,5,9,13H2,1H3,(H,26,29)(H,27,28)/b23-16-/t22-/m0/s1. The second kappa shape index (κ2) is 9.09. The van der Waals surface area contributed by atoms with Crippen molar-refractivity contribution in [3.63, 3.8) is 0 Å². The molecular weight excluding hydrogens is 392 g/mol. The molecule has 1 aliphatic rings. The van der Waals surface area contributed by atoms with Gasteiger partial charge in [0.1, 0.15) is 5.70 Å². The maximum absolute atomic E-state index is 13.2. The molecule has 3 aromatic rings. The first-order valence-electron chi connectivity index (χ1n) is 10.1. The Morgan fingerprint density at radius 3 is 2.73 bits per heavy atom. The molecule has 0 unspecified atom stereocenters. The van der Waals surface area contributed by atoms with E-state index in [0.29, 0.717) is 5.56 Å². The Bertz CT molecular complexity index is 1090. The van der Waals surface area contributed by atoms with E-state index in [4.69, 9.17) is 0 Å². The third-order valence-electron chi connectivity index (χ3n) is 5.28. The summed E-state index contributed by atoms with van der Waals surface area (Å²) in [6.45, 7) is 1.94. The molecule has 0 saturated heterocycles. The van der Waals surface area contributed by atoms with Crippen LogP contribution in [0.3, 0.4) is 0 Å². The molecule has 1 heterocycles. The number of hydrogen-bond donors (Lipinski definition) is 2. The highest BCUT2D eigenvalue weighted by molar-refractivity contribution is 7.10. The summed E-state index contributed by atoms with van der Waals surface area (Å²) < 4.78 is 0. The maximum atomic E-state index is 13.2. The van der Waals surface area contributed by atoms with E-state index in [0.717, 1.165) is 35.3 Å². The zero-order valence-electron chi connectivity index (χ0n) is 16.9. The van der Waals surface area contributed by atoms with Crippen LogP contribution in [0.25, 0.3) is 6.08 Å². The van der Waals surface area contributed by atoms with Crippen LogP contribution in [-0.2, 0) is 11.2 Å². The van der Waals surface area contributed by atoms with Crippen LogP contribution in [0.1, 0.15) is 50.8 Å². The highest BCUT2D eigenvalue weighted by Crippen LogP contribution is 2.29. The van der Waals surface area contributed by atoms with E-state index in [1.54, 1.807) is 12.1 Å². The van der Waals surface area contributed by atoms with Gasteiger partial charge in [-0.2, -0.15) is 0 Å². The summed E-state index contributed by atoms with van der Waals surface area (Å²) >= 11 is 1.52. The van der Waals surface area contributed by atoms with Crippen LogP contribution in [0.4, 0.5) is 0 Å². The molecule has 2 amide bonds. The first kappa shape index (κ1) is 20.1. The van der Waals surface area contributed by atoms with Gasteiger partial charge in [-0.25, -0.2) is 0 Å². The topological polar surface area (TPSA) is 58.2 Å². The molecule has 152 valence electrons. The first-order valence-corrected chi connectivity index (χ1v) is 11.0. The van der Waals surface area contributed by atoms with Crippen molar-refractivity contribution in [3.8, 4) is 0 Å². The number of carbonyl (C=O) groups is 2. The van der Waals surface area contributed by atoms with Crippen LogP contribution in [0, 0.1) is 6.92 Å². The van der Waals surface area contributed by atoms with Gasteiger partial charge in [-0.1, -0.05) is 48.0 Å². The minimum absolute atomic E-state index is 0.0509. The second-order valence-electron chi connectivity index (χ2n) is 7.51. The van der Waals surface area contributed by atoms with E-state index in [1.165, 1.54) is 16.9 Å². The van der Waals surface area contributed by atoms with E-state index < -0.39 is 0 Å². The smallest absolute Gasteiger partial charge is 0.268 e. The predicted molar refractivity (Wildman–Crippen MR) is 121 cm³/mol. The average molecular weight is 417 g/mol. The lowest BCUT2D eigenvalue weighted by molar-refractivity contribution is -0.118. The molecule has 0 fully saturated rings. The molecule has 4 nitrogen and oxygen atoms in total. The van der Waals surface area contributed by atoms with Gasteiger partial charge in [0.15, 0.2) is 0 Å². The normalized spacial score (nSPS) is 15.9. The van der Waals surface area contributed by atoms with Gasteiger partial charge in [-0.15, -0.1) is 11.3 Å². The number of rotatable bonds is 5. The number of nitrogens with one attached hydrogen (secondary N) is 2. The van der Waals surface area contributed by atoms with Gasteiger partial charge in [0.25, 0.3) is 11.8 Å². The van der Waals surface area contributed by atoms with Crippen molar-refractivity contribution in [2.75, 3.05) is 0 Å². The molecule has 0 aliphatic heterocycles. The highest BCUT2D eigenvalue weighted by Gasteiger charge is 2.23. The lowest BCUT2D eigenvalue weighted by atomic mass is 9.87. The first-order chi connectivity index (χ1) is 14.6. The highest BCUT2D eigenvalue weighted by atomic mass is 32.1. The van der Waals surface area contributed by atoms with Gasteiger partial charge in [0.2, 0.25) is 0 Å². The molecule has 1 aliphatic carbocycles. The van der Waals surface area contributed by atoms with Gasteiger partial charge in [0.05, 0.1) is 6.04 Å². The van der Waals surface area contributed by atoms with Crippen LogP contribution < -0.4 is 10.6 Å². The molecule has 1 aromatic heterocycles. The van der Waals surface area contributed by atoms with Crippen LogP contribution in [-0.4, -0.2) is 11.8 Å². The monoisotopic (exact) mass is 416 g/mol. The molecular formula is C25H24N2O2S. The minimum atomic E-state index is -0.291. The quantitative estimate of drug-likeness (QED) is 0.574. The van der Waals surface area contributed by atoms with Crippen molar-refractivity contribution in [2.45, 2.75) is 32.2 Å². The molecule has 0 radical (unpaired) electrons. The molecule has 30 heavy (non-hydrogen) atoms. The summed E-state index contributed by atoms with van der Waals surface area (Å²) in [5, 5.41) is 7.91. The largest absolute Gasteiger partial charge is 0.344 e. The third kappa shape index (κ3) is 4.69. The van der Waals surface area contributed by atoms with Crippen molar-refractivity contribution < 1.29 is 9.59 Å². The van der Waals surface area contributed by atoms with Crippen LogP contribution >= 0.6 is 11.3 Å². The Balaban J connectivity index is 1.57. The van der Waals surface area contributed by atoms with Crippen LogP contribution in [0.5, 0.6) is 0 Å². The van der Waals surface area contributed by atoms with Gasteiger partial charge < -0.3 is 10.6 Å². The Labute approximate surface area is 180 Å². The van der Waals surface area contributed by atoms with Gasteiger partial charge in [-0.05, 0) is 67.0 Å². The van der Waals surface area contributed by atoms with Gasteiger partial charge >= 0.3 is 0 Å². The fourth-order valence-corrected chi connectivity index (χ4v) is 4.45. The van der Waals surface area contributed by atoms with E-state index in [2.05, 4.69) is 22.8 Å². The van der Waals surface area contributed by atoms with Crippen LogP contribution in [0.15, 0.2) is 71.7 Å². The summed E-state index contributed by atoms with van der Waals surface area (Å²) in [7, 11) is 0. The molecule has 0 saturated carbocycles. The number of hydrogen-bond acceptors (Lipinski definition) is 3. The Hall–Kier alpha value is -3.18. The maximum Gasteiger partial charge on any atom is 0.268 e. The van der Waals surface area contributed by atoms with Crippen LogP contribution in [0.2, 0.25) is 0 Å². The summed E-state index contributed by atoms with van der Waals surface area (Å²) in [6.07, 6.45) is 4.69. The van der Waals surface area contributed by atoms with E-state index in [1.807, 2.05) is 54.8 Å². The lowest BCUT2D eigenvalue weighted by Gasteiger charge is -2.26. The number of benzene rings is 2. The summed E-state index contributed by atoms with van der Waals surface area (Å²) in [5.41, 5.74) is 4.23. The second-order valence-corrected chi connectivity index (χ2v) is 8.49. The number of fused-ring (bicyclic) bond motifs is 1. The Morgan fingerprint density at radius 2 is 1.93 bits per heavy atom. The number of carbonyl (C=O) groups excluding carboxylic acids is 2. The number of amides is 2. The SMILES string of the molecule is Cc1cccc(C(=O)N/C(=C\c2cccs2)C(=O)N[C@H]2CCCc3ccccc32)c1. The summed E-state index contributed by atoms with van der Waals surface area (Å²) in [4.78, 5) is 26.9. The Morgan fingerprint density at radius 1 is 1.07 bits per heavy atom. The van der Waals surface area contributed by atoms with Gasteiger partial charge in [-0.3, -0.25) is 9.59 Å². The summed E-state index contributed by atoms with van der Waals surface area (Å²) in [5.74, 6) is -0.563. The number of thiophene rings is 1. The van der Waals surface area contributed by atoms with Crippen molar-refractivity contribution in [2.24, 2.45) is 0 Å². The van der Waals surface area contributed by atoms with E-state index >= 15 is 0 Å². The minimum Gasteiger partial charge on any atom is -0.344 e. The average Bonchev–Trinajstić information content (AvgIpc) is 3.26. The molecule has 2 N–H and O–H groups in total. The Kier molecular flexibility index (Phi) is 6.10. The van der Waals surface area contributed by atoms with Crippen molar-refractivity contribution in [1.82, 2.24) is 10.6 Å². The van der Waals surface area contributed by atoms with Gasteiger partial charge in [0, 0.05) is 10.4 Å². The van der Waals surface area contributed by atoms with Crippen molar-refractivity contribution >= 4 is 29.2 Å². The van der Waals surface area contributed by atoms with E-state index in [9.17, 15) is 9.59 Å². The van der Waals surface area contributed by atoms with Crippen molar-refractivity contribution in [3.05, 3.63) is 98.9 Å². The lowest BCUT2D eigenvalue weighted by Crippen LogP contribution is -2.37. The summed E-state index contributed by atoms with van der Waals surface area (Å²) in [6, 6.07) is 19.4. The van der Waals surface area contributed by atoms with E-state index in [-0.39, 0.29) is 23.6 Å². The molecule has 0 bridgehead atoms. The number of aryl methyl sites for hydroxylation is 2. The zero-order valence-corrected chi connectivity index (χ0v) is 17.7. The van der Waals surface area contributed by atoms with Crippen molar-refractivity contribution in [1.29, 1.82) is 0 Å². The molecule has 5 heteroatoms. The zero-order chi connectivity index (χ0) is 20.9. The predicted octanol–water partition coefficient (Wildman–Crippen LogP) is 5.02. The fourth-order valence-electron chi connectivity index (χ4n) is 3.79. The molecule has 1 atom stereocenters. The fraction of sp³-hybridized carbons (Fsp3) is 0.200. The molecule has 2 aromatic carbocycles. The third-order valence-corrected chi connectivity index (χ3v) is 6.10. The molecule has 4 rings (SSSR count).